The fraction of sp³-hybridized carbons (Fsp3) is 0.304. The first-order valence-corrected chi connectivity index (χ1v) is 10.4. The van der Waals surface area contributed by atoms with Crippen molar-refractivity contribution in [2.45, 2.75) is 37.8 Å². The quantitative estimate of drug-likeness (QED) is 0.564. The molecule has 152 valence electrons. The summed E-state index contributed by atoms with van der Waals surface area (Å²) < 4.78 is 3.76. The molecule has 0 aliphatic heterocycles. The number of hydrogen-bond acceptors (Lipinski definition) is 5. The van der Waals surface area contributed by atoms with Gasteiger partial charge in [0, 0.05) is 37.1 Å². The Kier molecular flexibility index (Phi) is 4.78. The van der Waals surface area contributed by atoms with Crippen LogP contribution in [-0.2, 0) is 7.05 Å². The monoisotopic (exact) mass is 400 g/mol. The Morgan fingerprint density at radius 3 is 2.60 bits per heavy atom. The molecule has 1 saturated carbocycles. The van der Waals surface area contributed by atoms with E-state index in [0.29, 0.717) is 6.04 Å². The maximum absolute atomic E-state index is 12.5. The van der Waals surface area contributed by atoms with Crippen LogP contribution in [0.2, 0.25) is 0 Å². The molecule has 1 N–H and O–H groups in total. The molecule has 7 nitrogen and oxygen atoms in total. The highest BCUT2D eigenvalue weighted by molar-refractivity contribution is 5.78. The zero-order valence-corrected chi connectivity index (χ0v) is 16.9. The molecule has 1 aliphatic rings. The van der Waals surface area contributed by atoms with Crippen molar-refractivity contribution in [2.24, 2.45) is 7.05 Å². The smallest absolute Gasteiger partial charge is 0.267 e. The van der Waals surface area contributed by atoms with Gasteiger partial charge in [-0.25, -0.2) is 9.67 Å². The highest BCUT2D eigenvalue weighted by Crippen LogP contribution is 2.30. The average Bonchev–Trinajstić information content (AvgIpc) is 3.11. The molecular formula is C23H24N6O. The normalized spacial score (nSPS) is 19.1. The van der Waals surface area contributed by atoms with Gasteiger partial charge in [-0.15, -0.1) is 0 Å². The minimum Gasteiger partial charge on any atom is -0.353 e. The van der Waals surface area contributed by atoms with Crippen LogP contribution >= 0.6 is 0 Å². The number of anilines is 1. The van der Waals surface area contributed by atoms with Gasteiger partial charge in [0.2, 0.25) is 5.95 Å². The van der Waals surface area contributed by atoms with E-state index < -0.39 is 0 Å². The van der Waals surface area contributed by atoms with Gasteiger partial charge in [0.05, 0.1) is 22.8 Å². The molecule has 4 aromatic rings. The van der Waals surface area contributed by atoms with Crippen molar-refractivity contribution in [3.8, 4) is 11.3 Å². The Morgan fingerprint density at radius 2 is 1.83 bits per heavy atom. The van der Waals surface area contributed by atoms with Gasteiger partial charge in [-0.3, -0.25) is 9.78 Å². The van der Waals surface area contributed by atoms with Crippen LogP contribution in [0.4, 0.5) is 5.95 Å². The highest BCUT2D eigenvalue weighted by Gasteiger charge is 2.25. The van der Waals surface area contributed by atoms with Crippen LogP contribution in [0.15, 0.2) is 65.7 Å². The summed E-state index contributed by atoms with van der Waals surface area (Å²) in [6.45, 7) is 0. The number of para-hydroxylation sites is 2. The van der Waals surface area contributed by atoms with E-state index in [9.17, 15) is 4.79 Å². The van der Waals surface area contributed by atoms with E-state index in [0.717, 1.165) is 53.9 Å². The largest absolute Gasteiger partial charge is 0.353 e. The number of imidazole rings is 1. The van der Waals surface area contributed by atoms with E-state index in [2.05, 4.69) is 26.0 Å². The van der Waals surface area contributed by atoms with Gasteiger partial charge in [-0.05, 0) is 56.0 Å². The molecule has 1 fully saturated rings. The lowest BCUT2D eigenvalue weighted by Gasteiger charge is -2.30. The van der Waals surface area contributed by atoms with Crippen molar-refractivity contribution < 1.29 is 0 Å². The van der Waals surface area contributed by atoms with Crippen molar-refractivity contribution in [1.82, 2.24) is 24.3 Å². The molecule has 1 aromatic carbocycles. The van der Waals surface area contributed by atoms with Crippen LogP contribution in [0.5, 0.6) is 0 Å². The van der Waals surface area contributed by atoms with Gasteiger partial charge in [-0.2, -0.15) is 5.10 Å². The molecule has 3 heterocycles. The van der Waals surface area contributed by atoms with E-state index in [-0.39, 0.29) is 11.6 Å². The lowest BCUT2D eigenvalue weighted by atomic mass is 9.91. The molecule has 0 saturated heterocycles. The Balaban J connectivity index is 1.30. The first-order chi connectivity index (χ1) is 14.7. The van der Waals surface area contributed by atoms with Crippen molar-refractivity contribution in [3.05, 3.63) is 71.3 Å². The number of aromatic nitrogens is 5. The molecule has 30 heavy (non-hydrogen) atoms. The van der Waals surface area contributed by atoms with Gasteiger partial charge >= 0.3 is 0 Å². The third-order valence-electron chi connectivity index (χ3n) is 5.95. The molecule has 0 radical (unpaired) electrons. The van der Waals surface area contributed by atoms with Crippen LogP contribution in [0.3, 0.4) is 0 Å². The number of nitrogens with zero attached hydrogens (tertiary/aromatic N) is 5. The molecule has 0 spiro atoms. The van der Waals surface area contributed by atoms with Gasteiger partial charge in [0.1, 0.15) is 0 Å². The van der Waals surface area contributed by atoms with Crippen LogP contribution in [-0.4, -0.2) is 30.4 Å². The Labute approximate surface area is 174 Å². The number of rotatable bonds is 4. The summed E-state index contributed by atoms with van der Waals surface area (Å²) in [5, 5.41) is 8.24. The van der Waals surface area contributed by atoms with E-state index in [4.69, 9.17) is 4.98 Å². The van der Waals surface area contributed by atoms with Crippen molar-refractivity contribution in [3.63, 3.8) is 0 Å². The number of fused-ring (bicyclic) bond motifs is 1. The van der Waals surface area contributed by atoms with E-state index in [1.165, 1.54) is 0 Å². The molecule has 0 bridgehead atoms. The molecule has 5 rings (SSSR count). The Hall–Kier alpha value is -3.48. The molecule has 3 aromatic heterocycles. The summed E-state index contributed by atoms with van der Waals surface area (Å²) in [4.78, 5) is 21.4. The first-order valence-electron chi connectivity index (χ1n) is 10.4. The maximum atomic E-state index is 12.5. The zero-order valence-electron chi connectivity index (χ0n) is 16.9. The number of pyridine rings is 1. The molecular weight excluding hydrogens is 376 g/mol. The fourth-order valence-corrected chi connectivity index (χ4v) is 4.28. The second-order valence-electron chi connectivity index (χ2n) is 7.88. The molecule has 0 atom stereocenters. The molecule has 7 heteroatoms. The van der Waals surface area contributed by atoms with E-state index >= 15 is 0 Å². The average molecular weight is 400 g/mol. The molecule has 0 unspecified atom stereocenters. The number of nitrogens with one attached hydrogen (secondary N) is 1. The Morgan fingerprint density at radius 1 is 1.00 bits per heavy atom. The van der Waals surface area contributed by atoms with Gasteiger partial charge in [0.15, 0.2) is 0 Å². The lowest BCUT2D eigenvalue weighted by Crippen LogP contribution is -2.33. The maximum Gasteiger partial charge on any atom is 0.267 e. The number of hydrogen-bond donors (Lipinski definition) is 1. The molecule has 1 aliphatic carbocycles. The minimum atomic E-state index is -0.0469. The predicted octanol–water partition coefficient (Wildman–Crippen LogP) is 3.79. The third-order valence-corrected chi connectivity index (χ3v) is 5.95. The second-order valence-corrected chi connectivity index (χ2v) is 7.88. The zero-order chi connectivity index (χ0) is 20.5. The van der Waals surface area contributed by atoms with Gasteiger partial charge in [-0.1, -0.05) is 12.1 Å². The summed E-state index contributed by atoms with van der Waals surface area (Å²) in [7, 11) is 2.04. The van der Waals surface area contributed by atoms with Crippen LogP contribution < -0.4 is 10.9 Å². The van der Waals surface area contributed by atoms with Gasteiger partial charge < -0.3 is 9.88 Å². The summed E-state index contributed by atoms with van der Waals surface area (Å²) in [6.07, 6.45) is 7.27. The highest BCUT2D eigenvalue weighted by atomic mass is 16.1. The predicted molar refractivity (Wildman–Crippen MR) is 117 cm³/mol. The topological polar surface area (TPSA) is 77.6 Å². The summed E-state index contributed by atoms with van der Waals surface area (Å²) in [5.74, 6) is 0.897. The summed E-state index contributed by atoms with van der Waals surface area (Å²) >= 11 is 0. The first kappa shape index (κ1) is 18.5. The number of aryl methyl sites for hydroxylation is 1. The van der Waals surface area contributed by atoms with E-state index in [1.54, 1.807) is 29.2 Å². The molecule has 0 amide bonds. The standard InChI is InChI=1S/C23H24N6O/c1-28-21-7-3-2-6-20(21)26-23(28)25-17-8-10-18(11-9-17)29-22(30)13-12-19(27-29)16-5-4-14-24-15-16/h2-7,12-15,17-18H,8-11H2,1H3,(H,25,26). The van der Waals surface area contributed by atoms with Crippen LogP contribution in [0, 0.1) is 0 Å². The lowest BCUT2D eigenvalue weighted by molar-refractivity contribution is 0.304. The SMILES string of the molecule is Cn1c(NC2CCC(n3nc(-c4cccnc4)ccc3=O)CC2)nc2ccccc21. The van der Waals surface area contributed by atoms with Crippen LogP contribution in [0.25, 0.3) is 22.3 Å². The number of benzene rings is 1. The van der Waals surface area contributed by atoms with Crippen molar-refractivity contribution >= 4 is 17.0 Å². The van der Waals surface area contributed by atoms with Gasteiger partial charge in [0.25, 0.3) is 5.56 Å². The van der Waals surface area contributed by atoms with E-state index in [1.807, 2.05) is 37.4 Å². The van der Waals surface area contributed by atoms with Crippen molar-refractivity contribution in [1.29, 1.82) is 0 Å². The van der Waals surface area contributed by atoms with Crippen LogP contribution in [0.1, 0.15) is 31.7 Å². The Bertz CT molecular complexity index is 1220. The third kappa shape index (κ3) is 3.47. The van der Waals surface area contributed by atoms with Crippen molar-refractivity contribution in [2.75, 3.05) is 5.32 Å². The summed E-state index contributed by atoms with van der Waals surface area (Å²) in [6, 6.07) is 15.8. The summed E-state index contributed by atoms with van der Waals surface area (Å²) in [5.41, 5.74) is 3.77. The fourth-order valence-electron chi connectivity index (χ4n) is 4.28. The minimum absolute atomic E-state index is 0.0469. The second kappa shape index (κ2) is 7.74.